The molecule has 0 saturated heterocycles. The van der Waals surface area contributed by atoms with Crippen molar-refractivity contribution in [2.24, 2.45) is 17.3 Å². The summed E-state index contributed by atoms with van der Waals surface area (Å²) >= 11 is 0. The highest BCUT2D eigenvalue weighted by Crippen LogP contribution is 2.59. The molecule has 3 aliphatic rings. The Morgan fingerprint density at radius 2 is 2.33 bits per heavy atom. The standard InChI is InChI=1S/C11H18O/c1-11(2)9-5-4-8(7-12-3)10(11)6-9/h4,9-10H,5-7H2,1-3H3/t9-,10-/m1/s1. The number of allylic oxidation sites excluding steroid dienone is 1. The van der Waals surface area contributed by atoms with Gasteiger partial charge in [0, 0.05) is 7.11 Å². The molecule has 0 aromatic heterocycles. The van der Waals surface area contributed by atoms with E-state index in [1.165, 1.54) is 12.8 Å². The lowest BCUT2D eigenvalue weighted by Crippen LogP contribution is -2.48. The monoisotopic (exact) mass is 166 g/mol. The maximum atomic E-state index is 5.20. The van der Waals surface area contributed by atoms with E-state index in [1.54, 1.807) is 12.7 Å². The van der Waals surface area contributed by atoms with Crippen molar-refractivity contribution in [2.75, 3.05) is 13.7 Å². The molecule has 12 heavy (non-hydrogen) atoms. The van der Waals surface area contributed by atoms with Gasteiger partial charge in [-0.25, -0.2) is 0 Å². The van der Waals surface area contributed by atoms with Crippen molar-refractivity contribution in [1.29, 1.82) is 0 Å². The Hall–Kier alpha value is -0.300. The maximum absolute atomic E-state index is 5.20. The molecule has 0 N–H and O–H groups in total. The van der Waals surface area contributed by atoms with Crippen LogP contribution in [0.25, 0.3) is 0 Å². The van der Waals surface area contributed by atoms with E-state index >= 15 is 0 Å². The first-order valence-corrected chi connectivity index (χ1v) is 4.84. The number of hydrogen-bond acceptors (Lipinski definition) is 1. The zero-order valence-electron chi connectivity index (χ0n) is 8.26. The third-order valence-electron chi connectivity index (χ3n) is 3.89. The van der Waals surface area contributed by atoms with Crippen LogP contribution >= 0.6 is 0 Å². The number of methoxy groups -OCH3 is 1. The van der Waals surface area contributed by atoms with Gasteiger partial charge in [0.25, 0.3) is 0 Å². The highest BCUT2D eigenvalue weighted by Gasteiger charge is 2.50. The van der Waals surface area contributed by atoms with Crippen LogP contribution in [0.15, 0.2) is 11.6 Å². The Kier molecular flexibility index (Phi) is 1.80. The Morgan fingerprint density at radius 1 is 1.58 bits per heavy atom. The fourth-order valence-electron chi connectivity index (χ4n) is 2.81. The number of ether oxygens (including phenoxy) is 1. The number of fused-ring (bicyclic) bond motifs is 1. The lowest BCUT2D eigenvalue weighted by atomic mass is 9.49. The van der Waals surface area contributed by atoms with Gasteiger partial charge in [0.05, 0.1) is 6.61 Å². The van der Waals surface area contributed by atoms with Gasteiger partial charge >= 0.3 is 0 Å². The van der Waals surface area contributed by atoms with Crippen LogP contribution in [0.2, 0.25) is 0 Å². The number of rotatable bonds is 2. The molecular formula is C11H18O. The fourth-order valence-corrected chi connectivity index (χ4v) is 2.81. The Labute approximate surface area is 74.8 Å². The molecule has 0 amide bonds. The summed E-state index contributed by atoms with van der Waals surface area (Å²) in [4.78, 5) is 0. The van der Waals surface area contributed by atoms with E-state index in [2.05, 4.69) is 19.9 Å². The van der Waals surface area contributed by atoms with Crippen molar-refractivity contribution < 1.29 is 4.74 Å². The van der Waals surface area contributed by atoms with Crippen LogP contribution in [0.5, 0.6) is 0 Å². The SMILES string of the molecule is COCC1=CC[C@@H]2C[C@H]1C2(C)C. The normalized spacial score (nSPS) is 37.1. The zero-order valence-corrected chi connectivity index (χ0v) is 8.26. The van der Waals surface area contributed by atoms with Crippen molar-refractivity contribution in [3.8, 4) is 0 Å². The summed E-state index contributed by atoms with van der Waals surface area (Å²) < 4.78 is 5.20. The molecule has 2 bridgehead atoms. The molecule has 1 saturated carbocycles. The summed E-state index contributed by atoms with van der Waals surface area (Å²) in [5.74, 6) is 1.76. The van der Waals surface area contributed by atoms with Crippen LogP contribution in [0.1, 0.15) is 26.7 Å². The van der Waals surface area contributed by atoms with Crippen molar-refractivity contribution in [1.82, 2.24) is 0 Å². The summed E-state index contributed by atoms with van der Waals surface area (Å²) in [6.45, 7) is 5.64. The van der Waals surface area contributed by atoms with E-state index in [0.717, 1.165) is 18.4 Å². The number of hydrogen-bond donors (Lipinski definition) is 0. The molecule has 0 unspecified atom stereocenters. The molecule has 1 heteroatoms. The van der Waals surface area contributed by atoms with Crippen LogP contribution in [0.4, 0.5) is 0 Å². The zero-order chi connectivity index (χ0) is 8.77. The minimum atomic E-state index is 0.558. The molecule has 0 aromatic rings. The molecule has 0 aromatic carbocycles. The average molecular weight is 166 g/mol. The van der Waals surface area contributed by atoms with Crippen molar-refractivity contribution in [2.45, 2.75) is 26.7 Å². The second kappa shape index (κ2) is 2.59. The van der Waals surface area contributed by atoms with E-state index in [0.29, 0.717) is 5.41 Å². The van der Waals surface area contributed by atoms with Gasteiger partial charge in [-0.2, -0.15) is 0 Å². The van der Waals surface area contributed by atoms with E-state index in [4.69, 9.17) is 4.74 Å². The Morgan fingerprint density at radius 3 is 2.83 bits per heavy atom. The largest absolute Gasteiger partial charge is 0.380 e. The quantitative estimate of drug-likeness (QED) is 0.573. The van der Waals surface area contributed by atoms with Gasteiger partial charge in [0.15, 0.2) is 0 Å². The highest BCUT2D eigenvalue weighted by atomic mass is 16.5. The van der Waals surface area contributed by atoms with E-state index < -0.39 is 0 Å². The molecule has 0 radical (unpaired) electrons. The predicted molar refractivity (Wildman–Crippen MR) is 50.0 cm³/mol. The van der Waals surface area contributed by atoms with Gasteiger partial charge in [-0.3, -0.25) is 0 Å². The van der Waals surface area contributed by atoms with Crippen LogP contribution in [-0.2, 0) is 4.74 Å². The Balaban J connectivity index is 2.13. The first kappa shape index (κ1) is 8.31. The molecule has 68 valence electrons. The maximum Gasteiger partial charge on any atom is 0.0675 e. The molecule has 0 spiro atoms. The summed E-state index contributed by atoms with van der Waals surface area (Å²) in [7, 11) is 1.79. The van der Waals surface area contributed by atoms with Crippen LogP contribution in [0.3, 0.4) is 0 Å². The van der Waals surface area contributed by atoms with Gasteiger partial charge in [0.2, 0.25) is 0 Å². The van der Waals surface area contributed by atoms with E-state index in [1.807, 2.05) is 0 Å². The van der Waals surface area contributed by atoms with Crippen LogP contribution < -0.4 is 0 Å². The summed E-state index contributed by atoms with van der Waals surface area (Å²) in [6.07, 6.45) is 5.08. The molecule has 0 aliphatic heterocycles. The summed E-state index contributed by atoms with van der Waals surface area (Å²) in [5, 5.41) is 0. The van der Waals surface area contributed by atoms with Crippen LogP contribution in [-0.4, -0.2) is 13.7 Å². The van der Waals surface area contributed by atoms with Crippen LogP contribution in [0, 0.1) is 17.3 Å². The van der Waals surface area contributed by atoms with Crippen molar-refractivity contribution in [3.05, 3.63) is 11.6 Å². The van der Waals surface area contributed by atoms with Gasteiger partial charge in [0.1, 0.15) is 0 Å². The minimum Gasteiger partial charge on any atom is -0.380 e. The average Bonchev–Trinajstić information content (AvgIpc) is 2.05. The molecule has 0 heterocycles. The topological polar surface area (TPSA) is 9.23 Å². The first-order chi connectivity index (χ1) is 5.66. The molecule has 1 nitrogen and oxygen atoms in total. The van der Waals surface area contributed by atoms with Gasteiger partial charge < -0.3 is 4.74 Å². The second-order valence-electron chi connectivity index (χ2n) is 4.75. The predicted octanol–water partition coefficient (Wildman–Crippen LogP) is 2.63. The fraction of sp³-hybridized carbons (Fsp3) is 0.818. The third kappa shape index (κ3) is 0.957. The first-order valence-electron chi connectivity index (χ1n) is 4.84. The molecule has 2 atom stereocenters. The summed E-state index contributed by atoms with van der Waals surface area (Å²) in [6, 6.07) is 0. The molecular weight excluding hydrogens is 148 g/mol. The van der Waals surface area contributed by atoms with E-state index in [-0.39, 0.29) is 0 Å². The third-order valence-corrected chi connectivity index (χ3v) is 3.89. The lowest BCUT2D eigenvalue weighted by Gasteiger charge is -2.56. The highest BCUT2D eigenvalue weighted by molar-refractivity contribution is 5.23. The molecule has 3 aliphatic carbocycles. The summed E-state index contributed by atoms with van der Waals surface area (Å²) in [5.41, 5.74) is 2.10. The molecule has 1 fully saturated rings. The van der Waals surface area contributed by atoms with Crippen molar-refractivity contribution in [3.63, 3.8) is 0 Å². The van der Waals surface area contributed by atoms with Gasteiger partial charge in [-0.15, -0.1) is 0 Å². The lowest BCUT2D eigenvalue weighted by molar-refractivity contribution is -0.0147. The van der Waals surface area contributed by atoms with Crippen molar-refractivity contribution >= 4 is 0 Å². The van der Waals surface area contributed by atoms with Gasteiger partial charge in [-0.05, 0) is 35.7 Å². The van der Waals surface area contributed by atoms with E-state index in [9.17, 15) is 0 Å². The molecule has 3 rings (SSSR count). The second-order valence-corrected chi connectivity index (χ2v) is 4.75. The smallest absolute Gasteiger partial charge is 0.0675 e. The Bertz CT molecular complexity index is 215. The minimum absolute atomic E-state index is 0.558. The van der Waals surface area contributed by atoms with Gasteiger partial charge in [-0.1, -0.05) is 19.9 Å².